The van der Waals surface area contributed by atoms with E-state index in [2.05, 4.69) is 24.4 Å². The molecule has 0 saturated carbocycles. The molecule has 1 unspecified atom stereocenters. The first kappa shape index (κ1) is 24.1. The number of thiophene rings is 1. The van der Waals surface area contributed by atoms with E-state index in [1.165, 1.54) is 16.7 Å². The van der Waals surface area contributed by atoms with Crippen LogP contribution in [0.25, 0.3) is 0 Å². The summed E-state index contributed by atoms with van der Waals surface area (Å²) in [6.45, 7) is 10.8. The molecule has 180 valence electrons. The van der Waals surface area contributed by atoms with Gasteiger partial charge in [0.2, 0.25) is 5.91 Å². The number of carbonyl (C=O) groups excluding carboxylic acids is 2. The lowest BCUT2D eigenvalue weighted by molar-refractivity contribution is -0.136. The van der Waals surface area contributed by atoms with E-state index in [4.69, 9.17) is 9.15 Å². The number of ether oxygens (including phenoxy) is 1. The third-order valence-corrected chi connectivity index (χ3v) is 7.22. The van der Waals surface area contributed by atoms with E-state index in [0.29, 0.717) is 13.2 Å². The van der Waals surface area contributed by atoms with E-state index < -0.39 is 5.54 Å². The lowest BCUT2D eigenvalue weighted by atomic mass is 9.99. The molecule has 1 aliphatic rings. The van der Waals surface area contributed by atoms with Gasteiger partial charge in [0.15, 0.2) is 5.76 Å². The van der Waals surface area contributed by atoms with Crippen LogP contribution in [0.5, 0.6) is 5.75 Å². The van der Waals surface area contributed by atoms with Crippen LogP contribution in [0.2, 0.25) is 0 Å². The van der Waals surface area contributed by atoms with Gasteiger partial charge in [-0.15, -0.1) is 11.3 Å². The molecule has 1 atom stereocenters. The number of benzene rings is 1. The van der Waals surface area contributed by atoms with E-state index in [-0.39, 0.29) is 30.2 Å². The topological polar surface area (TPSA) is 63.0 Å². The molecule has 0 aliphatic carbocycles. The highest BCUT2D eigenvalue weighted by Gasteiger charge is 2.36. The molecule has 1 aliphatic heterocycles. The second kappa shape index (κ2) is 9.66. The standard InChI is InChI=1S/C27H32N2O4S/c1-18-8-9-22(19(2)15-18)33-17-21-20-11-14-34-24(20)10-12-28(21)25(30)16-29(27(3,4)5)26(31)23-7-6-13-32-23/h6-9,11,13-15,21H,10,12,16-17H2,1-5H3. The lowest BCUT2D eigenvalue weighted by Crippen LogP contribution is -2.53. The van der Waals surface area contributed by atoms with Gasteiger partial charge in [-0.2, -0.15) is 0 Å². The maximum absolute atomic E-state index is 13.6. The van der Waals surface area contributed by atoms with Gasteiger partial charge in [0, 0.05) is 17.0 Å². The first-order valence-electron chi connectivity index (χ1n) is 11.6. The largest absolute Gasteiger partial charge is 0.491 e. The number of amides is 2. The third kappa shape index (κ3) is 5.04. The van der Waals surface area contributed by atoms with Gasteiger partial charge in [0.25, 0.3) is 5.91 Å². The second-order valence-corrected chi connectivity index (χ2v) is 10.8. The maximum Gasteiger partial charge on any atom is 0.290 e. The molecule has 6 nitrogen and oxygen atoms in total. The Kier molecular flexibility index (Phi) is 6.84. The molecule has 2 amide bonds. The quantitative estimate of drug-likeness (QED) is 0.474. The zero-order chi connectivity index (χ0) is 24.5. The molecule has 0 radical (unpaired) electrons. The Morgan fingerprint density at radius 3 is 2.68 bits per heavy atom. The summed E-state index contributed by atoms with van der Waals surface area (Å²) in [6, 6.07) is 11.3. The summed E-state index contributed by atoms with van der Waals surface area (Å²) < 4.78 is 11.6. The first-order valence-corrected chi connectivity index (χ1v) is 12.4. The summed E-state index contributed by atoms with van der Waals surface area (Å²) in [5.74, 6) is 0.670. The molecule has 0 bridgehead atoms. The smallest absolute Gasteiger partial charge is 0.290 e. The van der Waals surface area contributed by atoms with Crippen LogP contribution in [0.3, 0.4) is 0 Å². The average molecular weight is 481 g/mol. The fraction of sp³-hybridized carbons (Fsp3) is 0.407. The van der Waals surface area contributed by atoms with Gasteiger partial charge < -0.3 is 19.0 Å². The molecule has 0 N–H and O–H groups in total. The van der Waals surface area contributed by atoms with E-state index >= 15 is 0 Å². The van der Waals surface area contributed by atoms with Crippen molar-refractivity contribution in [1.29, 1.82) is 0 Å². The van der Waals surface area contributed by atoms with Crippen LogP contribution in [0.4, 0.5) is 0 Å². The summed E-state index contributed by atoms with van der Waals surface area (Å²) in [7, 11) is 0. The monoisotopic (exact) mass is 480 g/mol. The van der Waals surface area contributed by atoms with Crippen molar-refractivity contribution in [2.45, 2.75) is 52.6 Å². The summed E-state index contributed by atoms with van der Waals surface area (Å²) >= 11 is 1.72. The molecule has 0 saturated heterocycles. The van der Waals surface area contributed by atoms with Gasteiger partial charge in [0.1, 0.15) is 18.9 Å². The maximum atomic E-state index is 13.6. The molecule has 0 spiro atoms. The fourth-order valence-corrected chi connectivity index (χ4v) is 5.31. The predicted molar refractivity (Wildman–Crippen MR) is 133 cm³/mol. The normalized spacial score (nSPS) is 15.7. The number of aryl methyl sites for hydroxylation is 2. The molecule has 2 aromatic heterocycles. The van der Waals surface area contributed by atoms with Crippen LogP contribution in [0.15, 0.2) is 52.5 Å². The Bertz CT molecular complexity index is 1160. The van der Waals surface area contributed by atoms with Crippen molar-refractivity contribution in [3.8, 4) is 5.75 Å². The Hall–Kier alpha value is -3.06. The molecule has 3 heterocycles. The minimum absolute atomic E-state index is 0.0252. The summed E-state index contributed by atoms with van der Waals surface area (Å²) in [5, 5.41) is 2.07. The molecule has 0 fully saturated rings. The van der Waals surface area contributed by atoms with Crippen molar-refractivity contribution < 1.29 is 18.7 Å². The zero-order valence-corrected chi connectivity index (χ0v) is 21.3. The van der Waals surface area contributed by atoms with E-state index in [1.54, 1.807) is 28.4 Å². The second-order valence-electron chi connectivity index (χ2n) is 9.77. The number of hydrogen-bond donors (Lipinski definition) is 0. The number of nitrogens with zero attached hydrogens (tertiary/aromatic N) is 2. The Morgan fingerprint density at radius 2 is 2.00 bits per heavy atom. The highest BCUT2D eigenvalue weighted by atomic mass is 32.1. The molecule has 34 heavy (non-hydrogen) atoms. The number of furan rings is 1. The highest BCUT2D eigenvalue weighted by molar-refractivity contribution is 7.10. The molecule has 3 aromatic rings. The lowest BCUT2D eigenvalue weighted by Gasteiger charge is -2.40. The van der Waals surface area contributed by atoms with Gasteiger partial charge in [-0.3, -0.25) is 9.59 Å². The Labute approximate surface area is 205 Å². The zero-order valence-electron chi connectivity index (χ0n) is 20.5. The van der Waals surface area contributed by atoms with Crippen molar-refractivity contribution in [3.05, 3.63) is 75.4 Å². The number of rotatable bonds is 6. The highest BCUT2D eigenvalue weighted by Crippen LogP contribution is 2.34. The summed E-state index contributed by atoms with van der Waals surface area (Å²) in [4.78, 5) is 31.5. The van der Waals surface area contributed by atoms with E-state index in [0.717, 1.165) is 23.3 Å². The third-order valence-electron chi connectivity index (χ3n) is 6.22. The number of fused-ring (bicyclic) bond motifs is 1. The van der Waals surface area contributed by atoms with Crippen molar-refractivity contribution in [2.75, 3.05) is 19.7 Å². The minimum atomic E-state index is -0.548. The summed E-state index contributed by atoms with van der Waals surface area (Å²) in [6.07, 6.45) is 2.28. The van der Waals surface area contributed by atoms with Crippen LogP contribution in [0, 0.1) is 13.8 Å². The van der Waals surface area contributed by atoms with Crippen molar-refractivity contribution in [2.24, 2.45) is 0 Å². The number of carbonyl (C=O) groups is 2. The Balaban J connectivity index is 1.56. The predicted octanol–water partition coefficient (Wildman–Crippen LogP) is 5.40. The van der Waals surface area contributed by atoms with Crippen molar-refractivity contribution in [3.63, 3.8) is 0 Å². The van der Waals surface area contributed by atoms with Gasteiger partial charge in [-0.1, -0.05) is 17.7 Å². The number of hydrogen-bond acceptors (Lipinski definition) is 5. The summed E-state index contributed by atoms with van der Waals surface area (Å²) in [5.41, 5.74) is 2.84. The van der Waals surface area contributed by atoms with Crippen LogP contribution in [-0.4, -0.2) is 46.8 Å². The van der Waals surface area contributed by atoms with Crippen LogP contribution in [0.1, 0.15) is 58.9 Å². The molecular formula is C27H32N2O4S. The molecule has 7 heteroatoms. The van der Waals surface area contributed by atoms with Gasteiger partial charge in [0.05, 0.1) is 12.3 Å². The Morgan fingerprint density at radius 1 is 1.21 bits per heavy atom. The van der Waals surface area contributed by atoms with E-state index in [1.807, 2.05) is 44.7 Å². The van der Waals surface area contributed by atoms with E-state index in [9.17, 15) is 9.59 Å². The van der Waals surface area contributed by atoms with Crippen LogP contribution in [-0.2, 0) is 11.2 Å². The molecule has 4 rings (SSSR count). The fourth-order valence-electron chi connectivity index (χ4n) is 4.38. The molecule has 1 aromatic carbocycles. The van der Waals surface area contributed by atoms with Crippen molar-refractivity contribution >= 4 is 23.2 Å². The van der Waals surface area contributed by atoms with Crippen LogP contribution >= 0.6 is 11.3 Å². The van der Waals surface area contributed by atoms with Gasteiger partial charge in [-0.25, -0.2) is 0 Å². The van der Waals surface area contributed by atoms with Gasteiger partial charge in [-0.05, 0) is 81.8 Å². The average Bonchev–Trinajstić information content (AvgIpc) is 3.47. The first-order chi connectivity index (χ1) is 16.1. The molecular weight excluding hydrogens is 448 g/mol. The minimum Gasteiger partial charge on any atom is -0.491 e. The van der Waals surface area contributed by atoms with Crippen molar-refractivity contribution in [1.82, 2.24) is 9.80 Å². The van der Waals surface area contributed by atoms with Crippen LogP contribution < -0.4 is 4.74 Å². The van der Waals surface area contributed by atoms with Gasteiger partial charge >= 0.3 is 0 Å². The SMILES string of the molecule is Cc1ccc(OCC2c3ccsc3CCN2C(=O)CN(C(=O)c2ccco2)C(C)(C)C)c(C)c1.